The largest absolute Gasteiger partial charge is 0.455 e. The molecule has 5 heteroatoms. The van der Waals surface area contributed by atoms with Crippen LogP contribution in [0.5, 0.6) is 0 Å². The zero-order valence-corrected chi connectivity index (χ0v) is 34.0. The Morgan fingerprint density at radius 2 is 0.839 bits per heavy atom. The molecule has 0 aliphatic rings. The molecule has 3 aromatic heterocycles. The number of benzene rings is 10. The molecular formula is C57H33N3OS. The summed E-state index contributed by atoms with van der Waals surface area (Å²) in [5.41, 5.74) is 8.79. The number of aromatic nitrogens is 3. The van der Waals surface area contributed by atoms with E-state index in [0.717, 1.165) is 55.3 Å². The number of hydrogen-bond donors (Lipinski definition) is 0. The number of hydrogen-bond acceptors (Lipinski definition) is 5. The second-order valence-electron chi connectivity index (χ2n) is 15.8. The van der Waals surface area contributed by atoms with Crippen molar-refractivity contribution in [1.82, 2.24) is 15.0 Å². The van der Waals surface area contributed by atoms with Crippen LogP contribution in [0, 0.1) is 0 Å². The van der Waals surface area contributed by atoms with Crippen molar-refractivity contribution in [2.75, 3.05) is 0 Å². The molecule has 0 spiro atoms. The number of furan rings is 1. The van der Waals surface area contributed by atoms with Gasteiger partial charge in [-0.05, 0) is 79.3 Å². The molecule has 4 nitrogen and oxygen atoms in total. The van der Waals surface area contributed by atoms with E-state index in [9.17, 15) is 0 Å². The average Bonchev–Trinajstić information content (AvgIpc) is 3.93. The van der Waals surface area contributed by atoms with Crippen LogP contribution in [0.15, 0.2) is 205 Å². The number of fused-ring (bicyclic) bond motifs is 12. The molecule has 0 saturated heterocycles. The summed E-state index contributed by atoms with van der Waals surface area (Å²) in [6, 6.07) is 70.9. The highest BCUT2D eigenvalue weighted by Gasteiger charge is 2.21. The second-order valence-corrected chi connectivity index (χ2v) is 16.9. The van der Waals surface area contributed by atoms with Gasteiger partial charge in [-0.25, -0.2) is 15.0 Å². The monoisotopic (exact) mass is 807 g/mol. The van der Waals surface area contributed by atoms with Gasteiger partial charge in [0, 0.05) is 53.2 Å². The van der Waals surface area contributed by atoms with E-state index in [1.165, 1.54) is 58.1 Å². The van der Waals surface area contributed by atoms with Crippen molar-refractivity contribution in [2.45, 2.75) is 0 Å². The van der Waals surface area contributed by atoms with Crippen molar-refractivity contribution in [3.05, 3.63) is 200 Å². The quantitative estimate of drug-likeness (QED) is 0.163. The summed E-state index contributed by atoms with van der Waals surface area (Å²) in [7, 11) is 0. The Hall–Kier alpha value is -7.99. The lowest BCUT2D eigenvalue weighted by Crippen LogP contribution is -2.00. The van der Waals surface area contributed by atoms with Crippen LogP contribution >= 0.6 is 11.3 Å². The van der Waals surface area contributed by atoms with E-state index in [0.29, 0.717) is 17.5 Å². The summed E-state index contributed by atoms with van der Waals surface area (Å²) < 4.78 is 9.41. The van der Waals surface area contributed by atoms with Gasteiger partial charge in [0.1, 0.15) is 11.2 Å². The number of para-hydroxylation sites is 1. The van der Waals surface area contributed by atoms with Crippen LogP contribution in [0.3, 0.4) is 0 Å². The molecule has 0 aliphatic carbocycles. The fourth-order valence-electron chi connectivity index (χ4n) is 9.52. The molecule has 0 bridgehead atoms. The predicted molar refractivity (Wildman–Crippen MR) is 260 cm³/mol. The van der Waals surface area contributed by atoms with Crippen LogP contribution < -0.4 is 0 Å². The van der Waals surface area contributed by atoms with Crippen molar-refractivity contribution in [3.8, 4) is 56.4 Å². The number of rotatable bonds is 5. The van der Waals surface area contributed by atoms with Crippen LogP contribution in [-0.4, -0.2) is 15.0 Å². The van der Waals surface area contributed by atoms with Crippen molar-refractivity contribution in [3.63, 3.8) is 0 Å². The van der Waals surface area contributed by atoms with E-state index in [1.54, 1.807) is 0 Å². The standard InChI is InChI=1S/C57H33N3OS/c1-2-14-34(15-3-1)55-58-56(37-17-10-16-35(32-37)38-23-13-29-51-53(38)45-22-8-9-28-50(45)62-51)60-57(59-55)47-26-12-27-49-52(47)46-25-11-24-39(54(46)61-49)36-30-31-44-42-20-5-4-18-40(42)41-19-6-7-21-43(41)48(44)33-36/h1-33H. The first-order chi connectivity index (χ1) is 30.7. The Kier molecular flexibility index (Phi) is 7.74. The van der Waals surface area contributed by atoms with Gasteiger partial charge in [0.25, 0.3) is 0 Å². The van der Waals surface area contributed by atoms with Gasteiger partial charge in [0.2, 0.25) is 0 Å². The van der Waals surface area contributed by atoms with E-state index in [-0.39, 0.29) is 0 Å². The summed E-state index contributed by atoms with van der Waals surface area (Å²) in [6.45, 7) is 0. The Balaban J connectivity index is 0.990. The van der Waals surface area contributed by atoms with Crippen LogP contribution in [0.4, 0.5) is 0 Å². The van der Waals surface area contributed by atoms with E-state index >= 15 is 0 Å². The van der Waals surface area contributed by atoms with Crippen LogP contribution in [0.1, 0.15) is 0 Å². The Morgan fingerprint density at radius 3 is 1.65 bits per heavy atom. The topological polar surface area (TPSA) is 51.8 Å². The maximum Gasteiger partial charge on any atom is 0.164 e. The highest BCUT2D eigenvalue weighted by atomic mass is 32.1. The molecule has 0 atom stereocenters. The third-order valence-electron chi connectivity index (χ3n) is 12.3. The molecule has 62 heavy (non-hydrogen) atoms. The van der Waals surface area contributed by atoms with E-state index in [4.69, 9.17) is 19.4 Å². The van der Waals surface area contributed by atoms with Crippen molar-refractivity contribution >= 4 is 85.8 Å². The van der Waals surface area contributed by atoms with Gasteiger partial charge in [-0.2, -0.15) is 0 Å². The molecular weight excluding hydrogens is 775 g/mol. The van der Waals surface area contributed by atoms with Gasteiger partial charge in [0.05, 0.1) is 0 Å². The minimum absolute atomic E-state index is 0.591. The average molecular weight is 808 g/mol. The fourth-order valence-corrected chi connectivity index (χ4v) is 10.7. The first-order valence-electron chi connectivity index (χ1n) is 20.8. The first kappa shape index (κ1) is 34.8. The number of nitrogens with zero attached hydrogens (tertiary/aromatic N) is 3. The van der Waals surface area contributed by atoms with E-state index in [1.807, 2.05) is 41.7 Å². The molecule has 0 amide bonds. The molecule has 3 heterocycles. The molecule has 13 aromatic rings. The zero-order chi connectivity index (χ0) is 40.7. The normalized spacial score (nSPS) is 11.9. The minimum atomic E-state index is 0.591. The van der Waals surface area contributed by atoms with Gasteiger partial charge in [-0.1, -0.05) is 170 Å². The molecule has 13 rings (SSSR count). The fraction of sp³-hybridized carbons (Fsp3) is 0. The molecule has 0 unspecified atom stereocenters. The molecule has 0 N–H and O–H groups in total. The molecule has 0 fully saturated rings. The summed E-state index contributed by atoms with van der Waals surface area (Å²) in [5.74, 6) is 1.82. The highest BCUT2D eigenvalue weighted by Crippen LogP contribution is 2.44. The maximum atomic E-state index is 6.85. The van der Waals surface area contributed by atoms with Crippen LogP contribution in [0.2, 0.25) is 0 Å². The molecule has 0 aliphatic heterocycles. The van der Waals surface area contributed by atoms with E-state index < -0.39 is 0 Å². The first-order valence-corrected chi connectivity index (χ1v) is 21.7. The van der Waals surface area contributed by atoms with Gasteiger partial charge >= 0.3 is 0 Å². The smallest absolute Gasteiger partial charge is 0.164 e. The summed E-state index contributed by atoms with van der Waals surface area (Å²) in [6.07, 6.45) is 0. The van der Waals surface area contributed by atoms with Crippen LogP contribution in [0.25, 0.3) is 131 Å². The summed E-state index contributed by atoms with van der Waals surface area (Å²) in [4.78, 5) is 15.6. The lowest BCUT2D eigenvalue weighted by atomic mass is 9.91. The maximum absolute atomic E-state index is 6.85. The Morgan fingerprint density at radius 1 is 0.306 bits per heavy atom. The lowest BCUT2D eigenvalue weighted by molar-refractivity contribution is 0.670. The second kappa shape index (κ2) is 13.8. The summed E-state index contributed by atoms with van der Waals surface area (Å²) in [5, 5.41) is 12.0. The Labute approximate surface area is 360 Å². The molecule has 0 saturated carbocycles. The zero-order valence-electron chi connectivity index (χ0n) is 33.2. The van der Waals surface area contributed by atoms with E-state index in [2.05, 4.69) is 170 Å². The van der Waals surface area contributed by atoms with Crippen molar-refractivity contribution < 1.29 is 4.42 Å². The van der Waals surface area contributed by atoms with Crippen LogP contribution in [-0.2, 0) is 0 Å². The lowest BCUT2D eigenvalue weighted by Gasteiger charge is -2.12. The molecule has 288 valence electrons. The molecule has 0 radical (unpaired) electrons. The number of thiophene rings is 1. The summed E-state index contributed by atoms with van der Waals surface area (Å²) >= 11 is 1.83. The Bertz CT molecular complexity index is 3910. The van der Waals surface area contributed by atoms with Crippen molar-refractivity contribution in [1.29, 1.82) is 0 Å². The highest BCUT2D eigenvalue weighted by molar-refractivity contribution is 7.25. The molecule has 10 aromatic carbocycles. The van der Waals surface area contributed by atoms with Crippen molar-refractivity contribution in [2.24, 2.45) is 0 Å². The SMILES string of the molecule is c1ccc(-c2nc(-c3cccc(-c4cccc5sc6ccccc6c45)c3)nc(-c3cccc4oc5c(-c6ccc7c8ccccc8c8ccccc8c7c6)cccc5c34)n2)cc1. The third kappa shape index (κ3) is 5.42. The predicted octanol–water partition coefficient (Wildman–Crippen LogP) is 15.9. The van der Waals surface area contributed by atoms with Gasteiger partial charge < -0.3 is 4.42 Å². The van der Waals surface area contributed by atoms with Gasteiger partial charge in [-0.3, -0.25) is 0 Å². The minimum Gasteiger partial charge on any atom is -0.455 e. The van der Waals surface area contributed by atoms with Gasteiger partial charge in [0.15, 0.2) is 17.5 Å². The third-order valence-corrected chi connectivity index (χ3v) is 13.5. The van der Waals surface area contributed by atoms with Gasteiger partial charge in [-0.15, -0.1) is 11.3 Å².